The van der Waals surface area contributed by atoms with Crippen molar-refractivity contribution in [3.05, 3.63) is 23.8 Å². The Bertz CT molecular complexity index is 593. The van der Waals surface area contributed by atoms with Gasteiger partial charge in [-0.05, 0) is 30.4 Å². The molecule has 0 bridgehead atoms. The van der Waals surface area contributed by atoms with Gasteiger partial charge in [0.2, 0.25) is 0 Å². The van der Waals surface area contributed by atoms with Crippen LogP contribution in [0.4, 0.5) is 0 Å². The molecule has 2 atom stereocenters. The van der Waals surface area contributed by atoms with Crippen molar-refractivity contribution in [3.8, 4) is 11.5 Å². The summed E-state index contributed by atoms with van der Waals surface area (Å²) in [5.74, 6) is -2.39. The Morgan fingerprint density at radius 1 is 1.17 bits per heavy atom. The summed E-state index contributed by atoms with van der Waals surface area (Å²) in [6, 6.07) is 4.52. The number of rotatable bonds is 3. The molecule has 126 valence electrons. The van der Waals surface area contributed by atoms with Gasteiger partial charge in [-0.1, -0.05) is 13.0 Å². The molecule has 2 rings (SSSR count). The summed E-state index contributed by atoms with van der Waals surface area (Å²) < 4.78 is 10.7. The van der Waals surface area contributed by atoms with Gasteiger partial charge in [0.05, 0.1) is 0 Å². The van der Waals surface area contributed by atoms with Gasteiger partial charge in [0.25, 0.3) is 5.79 Å². The standard InChI is InChI=1S/C17H22O6/c1-10-8-13(15-5-4-14(20)9-16(15)21)6-7-17(10,22-11(2)18)23-12(3)19/h4-5,9-10,13,20-21H,6-8H2,1-3H3. The predicted molar refractivity (Wildman–Crippen MR) is 81.8 cm³/mol. The summed E-state index contributed by atoms with van der Waals surface area (Å²) >= 11 is 0. The summed E-state index contributed by atoms with van der Waals surface area (Å²) in [6.45, 7) is 4.43. The number of phenolic OH excluding ortho intramolecular Hbond substituents is 2. The van der Waals surface area contributed by atoms with Crippen LogP contribution in [0.2, 0.25) is 0 Å². The molecule has 1 aliphatic rings. The summed E-state index contributed by atoms with van der Waals surface area (Å²) in [5, 5.41) is 19.4. The highest BCUT2D eigenvalue weighted by molar-refractivity contribution is 5.69. The lowest BCUT2D eigenvalue weighted by molar-refractivity contribution is -0.254. The minimum absolute atomic E-state index is 0.00396. The second-order valence-electron chi connectivity index (χ2n) is 6.11. The van der Waals surface area contributed by atoms with E-state index in [4.69, 9.17) is 9.47 Å². The van der Waals surface area contributed by atoms with E-state index in [1.165, 1.54) is 26.0 Å². The molecule has 1 saturated carbocycles. The maximum Gasteiger partial charge on any atom is 0.305 e. The van der Waals surface area contributed by atoms with E-state index >= 15 is 0 Å². The zero-order chi connectivity index (χ0) is 17.2. The second kappa shape index (κ2) is 6.48. The maximum atomic E-state index is 11.4. The molecule has 1 aromatic carbocycles. The van der Waals surface area contributed by atoms with E-state index in [-0.39, 0.29) is 23.3 Å². The lowest BCUT2D eigenvalue weighted by atomic mass is 9.74. The van der Waals surface area contributed by atoms with Crippen molar-refractivity contribution in [2.24, 2.45) is 5.92 Å². The average Bonchev–Trinajstić information content (AvgIpc) is 2.41. The molecule has 0 saturated heterocycles. The van der Waals surface area contributed by atoms with Crippen molar-refractivity contribution < 1.29 is 29.3 Å². The zero-order valence-electron chi connectivity index (χ0n) is 13.5. The van der Waals surface area contributed by atoms with E-state index in [1.54, 1.807) is 6.07 Å². The van der Waals surface area contributed by atoms with Gasteiger partial charge in [-0.15, -0.1) is 0 Å². The van der Waals surface area contributed by atoms with Crippen molar-refractivity contribution in [2.75, 3.05) is 0 Å². The number of aromatic hydroxyl groups is 2. The van der Waals surface area contributed by atoms with E-state index in [9.17, 15) is 19.8 Å². The van der Waals surface area contributed by atoms with Gasteiger partial charge in [0.15, 0.2) is 0 Å². The van der Waals surface area contributed by atoms with Gasteiger partial charge in [0.1, 0.15) is 11.5 Å². The highest BCUT2D eigenvalue weighted by Crippen LogP contribution is 2.46. The Hall–Kier alpha value is -2.24. The first-order chi connectivity index (χ1) is 10.7. The Labute approximate surface area is 135 Å². The summed E-state index contributed by atoms with van der Waals surface area (Å²) in [4.78, 5) is 22.8. The molecule has 6 heteroatoms. The van der Waals surface area contributed by atoms with Crippen molar-refractivity contribution in [3.63, 3.8) is 0 Å². The van der Waals surface area contributed by atoms with Crippen LogP contribution in [0, 0.1) is 5.92 Å². The Morgan fingerprint density at radius 2 is 1.78 bits per heavy atom. The van der Waals surface area contributed by atoms with Crippen LogP contribution >= 0.6 is 0 Å². The van der Waals surface area contributed by atoms with Crippen LogP contribution < -0.4 is 0 Å². The first kappa shape index (κ1) is 17.1. The fourth-order valence-electron chi connectivity index (χ4n) is 3.32. The fourth-order valence-corrected chi connectivity index (χ4v) is 3.32. The molecule has 1 aliphatic carbocycles. The smallest absolute Gasteiger partial charge is 0.305 e. The Kier molecular flexibility index (Phi) is 4.82. The summed E-state index contributed by atoms with van der Waals surface area (Å²) in [7, 11) is 0. The molecule has 0 aromatic heterocycles. The van der Waals surface area contributed by atoms with Crippen LogP contribution in [0.5, 0.6) is 11.5 Å². The van der Waals surface area contributed by atoms with E-state index < -0.39 is 17.7 Å². The lowest BCUT2D eigenvalue weighted by Crippen LogP contribution is -2.48. The quantitative estimate of drug-likeness (QED) is 0.656. The van der Waals surface area contributed by atoms with Crippen molar-refractivity contribution in [1.82, 2.24) is 0 Å². The molecular formula is C17H22O6. The van der Waals surface area contributed by atoms with E-state index in [0.717, 1.165) is 5.56 Å². The van der Waals surface area contributed by atoms with Crippen LogP contribution in [-0.4, -0.2) is 27.9 Å². The molecule has 0 aliphatic heterocycles. The molecular weight excluding hydrogens is 300 g/mol. The molecule has 0 amide bonds. The van der Waals surface area contributed by atoms with Crippen molar-refractivity contribution in [2.45, 2.75) is 51.7 Å². The van der Waals surface area contributed by atoms with Crippen LogP contribution in [0.3, 0.4) is 0 Å². The largest absolute Gasteiger partial charge is 0.508 e. The SMILES string of the molecule is CC(=O)OC1(OC(C)=O)CCC(c2ccc(O)cc2O)CC1C. The van der Waals surface area contributed by atoms with Gasteiger partial charge in [-0.25, -0.2) is 0 Å². The number of phenols is 2. The second-order valence-corrected chi connectivity index (χ2v) is 6.11. The summed E-state index contributed by atoms with van der Waals surface area (Å²) in [5.41, 5.74) is 0.730. The Morgan fingerprint density at radius 3 is 2.26 bits per heavy atom. The highest BCUT2D eigenvalue weighted by Gasteiger charge is 2.47. The first-order valence-electron chi connectivity index (χ1n) is 7.64. The zero-order valence-corrected chi connectivity index (χ0v) is 13.5. The molecule has 2 unspecified atom stereocenters. The lowest BCUT2D eigenvalue weighted by Gasteiger charge is -2.43. The van der Waals surface area contributed by atoms with Gasteiger partial charge < -0.3 is 19.7 Å². The number of benzene rings is 1. The third kappa shape index (κ3) is 3.75. The van der Waals surface area contributed by atoms with Gasteiger partial charge in [0, 0.05) is 32.3 Å². The molecule has 0 spiro atoms. The van der Waals surface area contributed by atoms with Crippen LogP contribution in [0.25, 0.3) is 0 Å². The van der Waals surface area contributed by atoms with Crippen LogP contribution in [0.15, 0.2) is 18.2 Å². The van der Waals surface area contributed by atoms with Crippen molar-refractivity contribution >= 4 is 11.9 Å². The molecule has 2 N–H and O–H groups in total. The third-order valence-corrected chi connectivity index (χ3v) is 4.32. The molecule has 23 heavy (non-hydrogen) atoms. The summed E-state index contributed by atoms with van der Waals surface area (Å²) in [6.07, 6.45) is 1.53. The van der Waals surface area contributed by atoms with Gasteiger partial charge in [-0.2, -0.15) is 0 Å². The molecule has 0 radical (unpaired) electrons. The number of carbonyl (C=O) groups is 2. The minimum atomic E-state index is -1.25. The maximum absolute atomic E-state index is 11.4. The monoisotopic (exact) mass is 322 g/mol. The van der Waals surface area contributed by atoms with Crippen LogP contribution in [-0.2, 0) is 19.1 Å². The predicted octanol–water partition coefficient (Wildman–Crippen LogP) is 2.82. The minimum Gasteiger partial charge on any atom is -0.508 e. The van der Waals surface area contributed by atoms with E-state index in [1.807, 2.05) is 6.92 Å². The van der Waals surface area contributed by atoms with E-state index in [0.29, 0.717) is 19.3 Å². The normalized spacial score (nSPS) is 23.1. The van der Waals surface area contributed by atoms with Crippen molar-refractivity contribution in [1.29, 1.82) is 0 Å². The van der Waals surface area contributed by atoms with Gasteiger partial charge >= 0.3 is 11.9 Å². The molecule has 1 aromatic rings. The fraction of sp³-hybridized carbons (Fsp3) is 0.529. The topological polar surface area (TPSA) is 93.1 Å². The molecule has 0 heterocycles. The number of hydrogen-bond donors (Lipinski definition) is 2. The van der Waals surface area contributed by atoms with E-state index in [2.05, 4.69) is 0 Å². The molecule has 6 nitrogen and oxygen atoms in total. The highest BCUT2D eigenvalue weighted by atomic mass is 16.7. The average molecular weight is 322 g/mol. The van der Waals surface area contributed by atoms with Crippen LogP contribution in [0.1, 0.15) is 51.5 Å². The third-order valence-electron chi connectivity index (χ3n) is 4.32. The number of esters is 2. The first-order valence-corrected chi connectivity index (χ1v) is 7.64. The number of ether oxygens (including phenoxy) is 2. The number of hydrogen-bond acceptors (Lipinski definition) is 6. The molecule has 1 fully saturated rings. The number of carbonyl (C=O) groups excluding carboxylic acids is 2. The van der Waals surface area contributed by atoms with Gasteiger partial charge in [-0.3, -0.25) is 9.59 Å². The Balaban J connectivity index is 2.22.